The average Bonchev–Trinajstić information content (AvgIpc) is 2.81. The third-order valence-electron chi connectivity index (χ3n) is 2.39. The number of carbonyl (C=O) groups excluding carboxylic acids is 1. The van der Waals surface area contributed by atoms with E-state index >= 15 is 0 Å². The molecule has 94 valence electrons. The minimum Gasteiger partial charge on any atom is -0.339 e. The summed E-state index contributed by atoms with van der Waals surface area (Å²) in [5.41, 5.74) is 0.299. The van der Waals surface area contributed by atoms with E-state index in [9.17, 15) is 13.6 Å². The largest absolute Gasteiger partial charge is 0.339 e. The van der Waals surface area contributed by atoms with Crippen molar-refractivity contribution in [2.75, 3.05) is 0 Å². The Morgan fingerprint density at radius 2 is 2.11 bits per heavy atom. The number of halogens is 2. The first-order valence-corrected chi connectivity index (χ1v) is 5.40. The Labute approximate surface area is 102 Å². The Hall–Kier alpha value is -2.11. The highest BCUT2D eigenvalue weighted by atomic mass is 19.2. The number of Topliss-reactive ketones (excluding diaryl/α,β-unsaturated/α-hetero) is 1. The topological polar surface area (TPSA) is 56.0 Å². The second-order valence-electron chi connectivity index (χ2n) is 3.71. The van der Waals surface area contributed by atoms with Crippen molar-refractivity contribution in [3.63, 3.8) is 0 Å². The van der Waals surface area contributed by atoms with Crippen molar-refractivity contribution in [1.82, 2.24) is 10.1 Å². The average molecular weight is 252 g/mol. The zero-order chi connectivity index (χ0) is 13.1. The molecule has 0 saturated carbocycles. The smallest absolute Gasteiger partial charge is 0.234 e. The van der Waals surface area contributed by atoms with Crippen molar-refractivity contribution in [1.29, 1.82) is 0 Å². The van der Waals surface area contributed by atoms with Crippen molar-refractivity contribution in [2.45, 2.75) is 19.8 Å². The summed E-state index contributed by atoms with van der Waals surface area (Å²) in [6.45, 7) is 1.73. The van der Waals surface area contributed by atoms with Gasteiger partial charge in [-0.25, -0.2) is 8.78 Å². The number of nitrogens with zero attached hydrogens (tertiary/aromatic N) is 2. The molecule has 0 aliphatic rings. The van der Waals surface area contributed by atoms with Gasteiger partial charge in [-0.2, -0.15) is 4.98 Å². The maximum absolute atomic E-state index is 13.0. The molecule has 0 radical (unpaired) electrons. The lowest BCUT2D eigenvalue weighted by molar-refractivity contribution is -0.118. The number of benzene rings is 1. The van der Waals surface area contributed by atoms with E-state index < -0.39 is 11.6 Å². The lowest BCUT2D eigenvalue weighted by atomic mass is 10.2. The van der Waals surface area contributed by atoms with Crippen LogP contribution in [0.4, 0.5) is 8.78 Å². The van der Waals surface area contributed by atoms with E-state index in [-0.39, 0.29) is 23.9 Å². The Morgan fingerprint density at radius 1 is 1.33 bits per heavy atom. The second kappa shape index (κ2) is 5.03. The summed E-state index contributed by atoms with van der Waals surface area (Å²) < 4.78 is 30.6. The van der Waals surface area contributed by atoms with E-state index in [2.05, 4.69) is 10.1 Å². The van der Waals surface area contributed by atoms with Gasteiger partial charge in [-0.1, -0.05) is 12.1 Å². The molecule has 0 unspecified atom stereocenters. The van der Waals surface area contributed by atoms with Crippen molar-refractivity contribution in [3.05, 3.63) is 35.7 Å². The number of hydrogen-bond acceptors (Lipinski definition) is 4. The van der Waals surface area contributed by atoms with Gasteiger partial charge in [-0.15, -0.1) is 0 Å². The van der Waals surface area contributed by atoms with Crippen LogP contribution in [0.25, 0.3) is 11.4 Å². The molecular formula is C12H10F2N2O2. The van der Waals surface area contributed by atoms with Gasteiger partial charge in [0.25, 0.3) is 0 Å². The van der Waals surface area contributed by atoms with Crippen molar-refractivity contribution in [3.8, 4) is 11.4 Å². The van der Waals surface area contributed by atoms with E-state index in [1.807, 2.05) is 0 Å². The molecule has 0 spiro atoms. The van der Waals surface area contributed by atoms with E-state index in [1.54, 1.807) is 6.92 Å². The van der Waals surface area contributed by atoms with E-state index in [0.29, 0.717) is 12.0 Å². The quantitative estimate of drug-likeness (QED) is 0.839. The molecule has 0 amide bonds. The lowest BCUT2D eigenvalue weighted by Crippen LogP contribution is -2.00. The molecule has 0 fully saturated rings. The van der Waals surface area contributed by atoms with E-state index in [0.717, 1.165) is 12.1 Å². The van der Waals surface area contributed by atoms with Crippen LogP contribution in [0.3, 0.4) is 0 Å². The fourth-order valence-electron chi connectivity index (χ4n) is 1.37. The van der Waals surface area contributed by atoms with E-state index in [1.165, 1.54) is 6.07 Å². The first kappa shape index (κ1) is 12.3. The molecule has 18 heavy (non-hydrogen) atoms. The lowest BCUT2D eigenvalue weighted by Gasteiger charge is -1.95. The maximum atomic E-state index is 13.0. The fraction of sp³-hybridized carbons (Fsp3) is 0.250. The molecule has 0 aliphatic carbocycles. The van der Waals surface area contributed by atoms with Crippen LogP contribution in [-0.2, 0) is 11.2 Å². The molecule has 2 rings (SSSR count). The van der Waals surface area contributed by atoms with Gasteiger partial charge < -0.3 is 4.52 Å². The van der Waals surface area contributed by atoms with Gasteiger partial charge in [0, 0.05) is 12.0 Å². The Morgan fingerprint density at radius 3 is 2.78 bits per heavy atom. The van der Waals surface area contributed by atoms with E-state index in [4.69, 9.17) is 4.52 Å². The highest BCUT2D eigenvalue weighted by Crippen LogP contribution is 2.18. The summed E-state index contributed by atoms with van der Waals surface area (Å²) >= 11 is 0. The molecule has 2 aromatic rings. The number of rotatable bonds is 4. The molecule has 1 aromatic carbocycles. The Bertz CT molecular complexity index is 581. The van der Waals surface area contributed by atoms with Gasteiger partial charge >= 0.3 is 0 Å². The maximum Gasteiger partial charge on any atom is 0.234 e. The van der Waals surface area contributed by atoms with Gasteiger partial charge in [0.2, 0.25) is 11.7 Å². The molecular weight excluding hydrogens is 242 g/mol. The summed E-state index contributed by atoms with van der Waals surface area (Å²) in [5.74, 6) is -1.66. The SMILES string of the molecule is CCC(=O)Cc1nc(-c2ccc(F)c(F)c2)no1. The predicted molar refractivity (Wildman–Crippen MR) is 58.7 cm³/mol. The molecule has 4 nitrogen and oxygen atoms in total. The highest BCUT2D eigenvalue weighted by molar-refractivity contribution is 5.79. The molecule has 0 bridgehead atoms. The number of hydrogen-bond donors (Lipinski definition) is 0. The number of ketones is 1. The molecule has 0 aliphatic heterocycles. The van der Waals surface area contributed by atoms with Gasteiger partial charge in [0.15, 0.2) is 11.6 Å². The van der Waals surface area contributed by atoms with Crippen molar-refractivity contribution in [2.24, 2.45) is 0 Å². The predicted octanol–water partition coefficient (Wildman–Crippen LogP) is 2.54. The minimum atomic E-state index is -0.983. The third-order valence-corrected chi connectivity index (χ3v) is 2.39. The fourth-order valence-corrected chi connectivity index (χ4v) is 1.37. The zero-order valence-electron chi connectivity index (χ0n) is 9.61. The Balaban J connectivity index is 2.23. The molecule has 6 heteroatoms. The van der Waals surface area contributed by atoms with Crippen LogP contribution in [0.2, 0.25) is 0 Å². The molecule has 0 N–H and O–H groups in total. The van der Waals surface area contributed by atoms with Crippen LogP contribution in [0.15, 0.2) is 22.7 Å². The van der Waals surface area contributed by atoms with Gasteiger partial charge in [0.05, 0.1) is 6.42 Å². The first-order chi connectivity index (χ1) is 8.60. The van der Waals surface area contributed by atoms with Crippen LogP contribution in [0, 0.1) is 11.6 Å². The molecule has 1 aromatic heterocycles. The minimum absolute atomic E-state index is 0.0320. The van der Waals surface area contributed by atoms with Crippen LogP contribution < -0.4 is 0 Å². The standard InChI is InChI=1S/C12H10F2N2O2/c1-2-8(17)6-11-15-12(16-18-11)7-3-4-9(13)10(14)5-7/h3-5H,2,6H2,1H3. The molecule has 0 atom stereocenters. The summed E-state index contributed by atoms with van der Waals surface area (Å²) in [6, 6.07) is 3.30. The summed E-state index contributed by atoms with van der Waals surface area (Å²) in [5, 5.41) is 3.62. The van der Waals surface area contributed by atoms with Crippen LogP contribution in [-0.4, -0.2) is 15.9 Å². The molecule has 0 saturated heterocycles. The second-order valence-corrected chi connectivity index (χ2v) is 3.71. The van der Waals surface area contributed by atoms with Gasteiger partial charge in [-0.05, 0) is 18.2 Å². The summed E-state index contributed by atoms with van der Waals surface area (Å²) in [4.78, 5) is 15.1. The molecule has 1 heterocycles. The van der Waals surface area contributed by atoms with Gasteiger partial charge in [0.1, 0.15) is 5.78 Å². The highest BCUT2D eigenvalue weighted by Gasteiger charge is 2.13. The van der Waals surface area contributed by atoms with Crippen LogP contribution in [0.5, 0.6) is 0 Å². The van der Waals surface area contributed by atoms with Gasteiger partial charge in [-0.3, -0.25) is 4.79 Å². The van der Waals surface area contributed by atoms with Crippen LogP contribution >= 0.6 is 0 Å². The summed E-state index contributed by atoms with van der Waals surface area (Å²) in [7, 11) is 0. The summed E-state index contributed by atoms with van der Waals surface area (Å²) in [6.07, 6.45) is 0.427. The number of aromatic nitrogens is 2. The third kappa shape index (κ3) is 2.58. The van der Waals surface area contributed by atoms with Crippen molar-refractivity contribution >= 4 is 5.78 Å². The van der Waals surface area contributed by atoms with Crippen LogP contribution in [0.1, 0.15) is 19.2 Å². The monoisotopic (exact) mass is 252 g/mol. The first-order valence-electron chi connectivity index (χ1n) is 5.40. The normalized spacial score (nSPS) is 10.6. The zero-order valence-corrected chi connectivity index (χ0v) is 9.61. The number of carbonyl (C=O) groups is 1. The Kier molecular flexibility index (Phi) is 3.45. The van der Waals surface area contributed by atoms with Crippen molar-refractivity contribution < 1.29 is 18.1 Å².